The molecule has 0 fully saturated rings. The Labute approximate surface area is 113 Å². The maximum Gasteiger partial charge on any atom is 0.0566 e. The van der Waals surface area contributed by atoms with Crippen LogP contribution in [0, 0.1) is 29.6 Å². The van der Waals surface area contributed by atoms with Crippen LogP contribution >= 0.6 is 0 Å². The highest BCUT2D eigenvalue weighted by Gasteiger charge is 1.97. The molecule has 0 N–H and O–H groups in total. The highest BCUT2D eigenvalue weighted by Crippen LogP contribution is 2.10. The second-order valence-electron chi connectivity index (χ2n) is 3.56. The summed E-state index contributed by atoms with van der Waals surface area (Å²) in [5, 5.41) is 0. The van der Waals surface area contributed by atoms with Crippen molar-refractivity contribution >= 4 is 0 Å². The summed E-state index contributed by atoms with van der Waals surface area (Å²) >= 11 is 0. The van der Waals surface area contributed by atoms with Crippen molar-refractivity contribution in [3.63, 3.8) is 0 Å². The maximum absolute atomic E-state index is 3.21. The molecule has 96 valence electrons. The zero-order valence-electron chi connectivity index (χ0n) is 12.1. The van der Waals surface area contributed by atoms with Gasteiger partial charge in [0.1, 0.15) is 0 Å². The molecule has 0 nitrogen and oxygen atoms in total. The normalized spacial score (nSPS) is 20.2. The van der Waals surface area contributed by atoms with Gasteiger partial charge in [0.25, 0.3) is 0 Å². The summed E-state index contributed by atoms with van der Waals surface area (Å²) in [7, 11) is 0. The van der Waals surface area contributed by atoms with Crippen molar-refractivity contribution in [2.75, 3.05) is 0 Å². The third kappa shape index (κ3) is 7.59. The summed E-state index contributed by atoms with van der Waals surface area (Å²) in [4.78, 5) is 0. The molecule has 0 heteroatoms. The van der Waals surface area contributed by atoms with Gasteiger partial charge in [0.05, 0.1) is 5.92 Å². The van der Waals surface area contributed by atoms with E-state index in [0.717, 1.165) is 19.3 Å². The minimum atomic E-state index is 0.261. The van der Waals surface area contributed by atoms with Crippen LogP contribution in [0.25, 0.3) is 0 Å². The number of rotatable bonds is 0. The predicted octanol–water partition coefficient (Wildman–Crippen LogP) is 4.90. The molecule has 1 rings (SSSR count). The van der Waals surface area contributed by atoms with Gasteiger partial charge in [-0.3, -0.25) is 0 Å². The van der Waals surface area contributed by atoms with Crippen LogP contribution in [0.4, 0.5) is 0 Å². The molecular formula is C18H24. The Bertz CT molecular complexity index is 410. The van der Waals surface area contributed by atoms with Crippen molar-refractivity contribution in [3.8, 4) is 23.7 Å². The van der Waals surface area contributed by atoms with Crippen LogP contribution in [0.3, 0.4) is 0 Å². The van der Waals surface area contributed by atoms with Crippen LogP contribution in [0.15, 0.2) is 36.0 Å². The molecular weight excluding hydrogens is 216 g/mol. The monoisotopic (exact) mass is 240 g/mol. The van der Waals surface area contributed by atoms with Gasteiger partial charge in [-0.2, -0.15) is 0 Å². The average molecular weight is 240 g/mol. The highest BCUT2D eigenvalue weighted by molar-refractivity contribution is 5.36. The molecule has 0 aromatic heterocycles. The van der Waals surface area contributed by atoms with Gasteiger partial charge in [-0.15, -0.1) is 5.92 Å². The van der Waals surface area contributed by atoms with Gasteiger partial charge >= 0.3 is 0 Å². The summed E-state index contributed by atoms with van der Waals surface area (Å²) in [5.74, 6) is 12.8. The van der Waals surface area contributed by atoms with E-state index in [9.17, 15) is 0 Å². The van der Waals surface area contributed by atoms with Gasteiger partial charge in [0.15, 0.2) is 0 Å². The van der Waals surface area contributed by atoms with Crippen LogP contribution in [0.5, 0.6) is 0 Å². The van der Waals surface area contributed by atoms with Gasteiger partial charge < -0.3 is 0 Å². The smallest absolute Gasteiger partial charge is 0.0566 e. The second-order valence-corrected chi connectivity index (χ2v) is 3.56. The summed E-state index contributed by atoms with van der Waals surface area (Å²) in [5.41, 5.74) is 1.18. The Morgan fingerprint density at radius 3 is 2.50 bits per heavy atom. The number of hydrogen-bond acceptors (Lipinski definition) is 0. The minimum absolute atomic E-state index is 0.261. The van der Waals surface area contributed by atoms with E-state index >= 15 is 0 Å². The molecule has 0 radical (unpaired) electrons. The van der Waals surface area contributed by atoms with Crippen molar-refractivity contribution in [1.82, 2.24) is 0 Å². The first-order valence-corrected chi connectivity index (χ1v) is 6.88. The van der Waals surface area contributed by atoms with Gasteiger partial charge in [-0.1, -0.05) is 75.8 Å². The first kappa shape index (κ1) is 16.3. The number of hydrogen-bond donors (Lipinski definition) is 0. The van der Waals surface area contributed by atoms with Crippen LogP contribution in [0.1, 0.15) is 47.0 Å². The first-order chi connectivity index (χ1) is 8.86. The van der Waals surface area contributed by atoms with Crippen molar-refractivity contribution in [2.24, 2.45) is 5.92 Å². The van der Waals surface area contributed by atoms with Crippen LogP contribution in [-0.2, 0) is 0 Å². The second kappa shape index (κ2) is 11.8. The Hall–Kier alpha value is -1.66. The third-order valence-corrected chi connectivity index (χ3v) is 2.17. The van der Waals surface area contributed by atoms with Crippen molar-refractivity contribution < 1.29 is 0 Å². The zero-order valence-corrected chi connectivity index (χ0v) is 12.1. The topological polar surface area (TPSA) is 0 Å². The third-order valence-electron chi connectivity index (χ3n) is 2.17. The van der Waals surface area contributed by atoms with Crippen LogP contribution in [0.2, 0.25) is 0 Å². The Kier molecular flexibility index (Phi) is 10.7. The molecule has 0 amide bonds. The van der Waals surface area contributed by atoms with Crippen LogP contribution < -0.4 is 0 Å². The molecule has 0 saturated heterocycles. The molecule has 0 bridgehead atoms. The lowest BCUT2D eigenvalue weighted by atomic mass is 10.0. The van der Waals surface area contributed by atoms with E-state index < -0.39 is 0 Å². The fraction of sp³-hybridized carbons (Fsp3) is 0.444. The summed E-state index contributed by atoms with van der Waals surface area (Å²) in [6.07, 6.45) is 13.3. The number of allylic oxidation sites excluding steroid dienone is 6. The fourth-order valence-electron chi connectivity index (χ4n) is 1.38. The molecule has 1 aliphatic carbocycles. The van der Waals surface area contributed by atoms with Gasteiger partial charge in [-0.25, -0.2) is 0 Å². The predicted molar refractivity (Wildman–Crippen MR) is 82.0 cm³/mol. The summed E-state index contributed by atoms with van der Waals surface area (Å²) in [6.45, 7) is 8.14. The minimum Gasteiger partial charge on any atom is -0.103 e. The van der Waals surface area contributed by atoms with E-state index in [0.29, 0.717) is 0 Å². The molecule has 1 unspecified atom stereocenters. The van der Waals surface area contributed by atoms with E-state index in [1.165, 1.54) is 5.57 Å². The van der Waals surface area contributed by atoms with E-state index in [1.54, 1.807) is 0 Å². The SMILES string of the molecule is CC.CCC#CC1=C/C=C\C(C#CCC)/C=C\C1. The quantitative estimate of drug-likeness (QED) is 0.417. The van der Waals surface area contributed by atoms with Gasteiger partial charge in [0, 0.05) is 18.4 Å². The van der Waals surface area contributed by atoms with Gasteiger partial charge in [-0.05, 0) is 6.42 Å². The summed E-state index contributed by atoms with van der Waals surface area (Å²) in [6, 6.07) is 0. The largest absolute Gasteiger partial charge is 0.103 e. The highest BCUT2D eigenvalue weighted by atomic mass is 14.0. The molecule has 0 aromatic rings. The van der Waals surface area contributed by atoms with Crippen molar-refractivity contribution in [3.05, 3.63) is 36.0 Å². The molecule has 0 aliphatic heterocycles. The average Bonchev–Trinajstić information content (AvgIpc) is 2.39. The summed E-state index contributed by atoms with van der Waals surface area (Å²) < 4.78 is 0. The van der Waals surface area contributed by atoms with Crippen molar-refractivity contribution in [1.29, 1.82) is 0 Å². The lowest BCUT2D eigenvalue weighted by molar-refractivity contribution is 1.08. The Morgan fingerprint density at radius 2 is 1.83 bits per heavy atom. The Balaban J connectivity index is 0.00000137. The standard InChI is InChI=1S/C16H18.C2H6/c1-3-5-9-15-11-7-13-16(10-6-4-2)14-8-12-15;1-2/h7-8,11-13,15H,3-4,14H2,1-2H3;1-2H3/b11-7-,12-8-,16-13?;. The fourth-order valence-corrected chi connectivity index (χ4v) is 1.38. The van der Waals surface area contributed by atoms with E-state index in [2.05, 4.69) is 67.9 Å². The molecule has 0 saturated carbocycles. The molecule has 0 aromatic carbocycles. The van der Waals surface area contributed by atoms with Crippen molar-refractivity contribution in [2.45, 2.75) is 47.0 Å². The molecule has 18 heavy (non-hydrogen) atoms. The first-order valence-electron chi connectivity index (χ1n) is 6.88. The molecule has 0 heterocycles. The molecule has 1 aliphatic rings. The lowest BCUT2D eigenvalue weighted by Crippen LogP contribution is -1.89. The zero-order chi connectivity index (χ0) is 13.6. The lowest BCUT2D eigenvalue weighted by Gasteiger charge is -2.01. The van der Waals surface area contributed by atoms with E-state index in [4.69, 9.17) is 0 Å². The Morgan fingerprint density at radius 1 is 1.11 bits per heavy atom. The van der Waals surface area contributed by atoms with Crippen LogP contribution in [-0.4, -0.2) is 0 Å². The van der Waals surface area contributed by atoms with E-state index in [-0.39, 0.29) is 5.92 Å². The van der Waals surface area contributed by atoms with E-state index in [1.807, 2.05) is 13.8 Å². The molecule has 1 atom stereocenters. The van der Waals surface area contributed by atoms with Gasteiger partial charge in [0.2, 0.25) is 0 Å². The molecule has 0 spiro atoms. The maximum atomic E-state index is 3.21.